The fraction of sp³-hybridized carbons (Fsp3) is 0.286. The molecule has 0 bridgehead atoms. The van der Waals surface area contributed by atoms with Crippen molar-refractivity contribution in [1.29, 1.82) is 0 Å². The topological polar surface area (TPSA) is 66.5 Å². The van der Waals surface area contributed by atoms with Gasteiger partial charge in [0, 0.05) is 12.6 Å². The molecule has 0 aliphatic carbocycles. The predicted molar refractivity (Wildman–Crippen MR) is 47.7 cm³/mol. The molecule has 0 saturated carbocycles. The molecule has 0 aromatic heterocycles. The van der Waals surface area contributed by atoms with Crippen molar-refractivity contribution in [1.82, 2.24) is 9.84 Å². The van der Waals surface area contributed by atoms with Gasteiger partial charge in [-0.15, -0.1) is 6.58 Å². The highest BCUT2D eigenvalue weighted by molar-refractivity contribution is 7.89. The molecule has 1 amide bonds. The normalized spacial score (nSPS) is 16.9. The molecule has 6 heteroatoms. The van der Waals surface area contributed by atoms with Crippen LogP contribution in [0.2, 0.25) is 0 Å². The van der Waals surface area contributed by atoms with Crippen LogP contribution >= 0.6 is 0 Å². The van der Waals surface area contributed by atoms with Crippen LogP contribution in [0.1, 0.15) is 6.42 Å². The Morgan fingerprint density at radius 2 is 2.38 bits per heavy atom. The van der Waals surface area contributed by atoms with E-state index < -0.39 is 10.0 Å². The number of sulfonamides is 1. The van der Waals surface area contributed by atoms with Gasteiger partial charge in [0.2, 0.25) is 5.91 Å². The summed E-state index contributed by atoms with van der Waals surface area (Å²) >= 11 is 0. The van der Waals surface area contributed by atoms with Crippen LogP contribution in [0.15, 0.2) is 24.9 Å². The zero-order valence-electron chi connectivity index (χ0n) is 6.93. The first-order valence-electron chi connectivity index (χ1n) is 3.65. The largest absolute Gasteiger partial charge is 0.273 e. The first kappa shape index (κ1) is 9.79. The summed E-state index contributed by atoms with van der Waals surface area (Å²) in [6.45, 7) is 3.32. The molecule has 0 atom stereocenters. The molecule has 1 aliphatic heterocycles. The van der Waals surface area contributed by atoms with Crippen LogP contribution in [0.5, 0.6) is 0 Å². The van der Waals surface area contributed by atoms with E-state index >= 15 is 0 Å². The SMILES string of the molecule is C=CCS(=O)(=O)N1C=CCC(=O)N1. The summed E-state index contributed by atoms with van der Waals surface area (Å²) in [7, 11) is -3.47. The fourth-order valence-electron chi connectivity index (χ4n) is 0.853. The van der Waals surface area contributed by atoms with Gasteiger partial charge < -0.3 is 0 Å². The zero-order valence-corrected chi connectivity index (χ0v) is 7.75. The second kappa shape index (κ2) is 3.61. The molecule has 5 nitrogen and oxygen atoms in total. The molecule has 0 unspecified atom stereocenters. The summed E-state index contributed by atoms with van der Waals surface area (Å²) in [5.74, 6) is -0.535. The Kier molecular flexibility index (Phi) is 2.72. The molecule has 13 heavy (non-hydrogen) atoms. The minimum absolute atomic E-state index is 0.197. The van der Waals surface area contributed by atoms with Crippen molar-refractivity contribution < 1.29 is 13.2 Å². The Balaban J connectivity index is 2.83. The van der Waals surface area contributed by atoms with Gasteiger partial charge in [-0.25, -0.2) is 8.42 Å². The highest BCUT2D eigenvalue weighted by atomic mass is 32.2. The van der Waals surface area contributed by atoms with Crippen molar-refractivity contribution >= 4 is 15.9 Å². The maximum absolute atomic E-state index is 11.3. The molecule has 0 fully saturated rings. The highest BCUT2D eigenvalue weighted by Gasteiger charge is 2.20. The lowest BCUT2D eigenvalue weighted by molar-refractivity contribution is -0.123. The Morgan fingerprint density at radius 3 is 2.92 bits per heavy atom. The molecule has 1 heterocycles. The van der Waals surface area contributed by atoms with Crippen LogP contribution in [0.4, 0.5) is 0 Å². The maximum atomic E-state index is 11.3. The van der Waals surface area contributed by atoms with Gasteiger partial charge in [0.15, 0.2) is 0 Å². The quantitative estimate of drug-likeness (QED) is 0.642. The van der Waals surface area contributed by atoms with Crippen LogP contribution in [0.3, 0.4) is 0 Å². The van der Waals surface area contributed by atoms with Gasteiger partial charge in [-0.1, -0.05) is 12.2 Å². The lowest BCUT2D eigenvalue weighted by atomic mass is 10.4. The molecular weight excluding hydrogens is 192 g/mol. The molecular formula is C7H10N2O3S. The predicted octanol–water partition coefficient (Wildman–Crippen LogP) is -0.247. The lowest BCUT2D eigenvalue weighted by Gasteiger charge is -2.22. The van der Waals surface area contributed by atoms with Gasteiger partial charge in [0.25, 0.3) is 10.0 Å². The van der Waals surface area contributed by atoms with Crippen molar-refractivity contribution in [3.8, 4) is 0 Å². The summed E-state index contributed by atoms with van der Waals surface area (Å²) in [5.41, 5.74) is 2.21. The van der Waals surface area contributed by atoms with Crippen LogP contribution in [0, 0.1) is 0 Å². The number of hydrogen-bond donors (Lipinski definition) is 1. The van der Waals surface area contributed by atoms with Crippen molar-refractivity contribution in [2.24, 2.45) is 0 Å². The number of nitrogens with zero attached hydrogens (tertiary/aromatic N) is 1. The van der Waals surface area contributed by atoms with Gasteiger partial charge in [-0.2, -0.15) is 4.41 Å². The minimum Gasteiger partial charge on any atom is -0.273 e. The fourth-order valence-corrected chi connectivity index (χ4v) is 1.82. The molecule has 0 spiro atoms. The van der Waals surface area contributed by atoms with Gasteiger partial charge >= 0.3 is 0 Å². The molecule has 1 N–H and O–H groups in total. The van der Waals surface area contributed by atoms with Crippen LogP contribution in [-0.2, 0) is 14.8 Å². The number of hydrogen-bond acceptors (Lipinski definition) is 3. The highest BCUT2D eigenvalue weighted by Crippen LogP contribution is 2.04. The molecule has 0 aromatic rings. The third-order valence-corrected chi connectivity index (χ3v) is 2.88. The van der Waals surface area contributed by atoms with E-state index in [1.54, 1.807) is 0 Å². The smallest absolute Gasteiger partial charge is 0.255 e. The average Bonchev–Trinajstić information content (AvgIpc) is 2.04. The summed E-state index contributed by atoms with van der Waals surface area (Å²) < 4.78 is 23.4. The van der Waals surface area contributed by atoms with Gasteiger partial charge in [0.1, 0.15) is 0 Å². The van der Waals surface area contributed by atoms with Crippen molar-refractivity contribution in [2.75, 3.05) is 5.75 Å². The van der Waals surface area contributed by atoms with E-state index in [1.165, 1.54) is 18.4 Å². The number of carbonyl (C=O) groups is 1. The van der Waals surface area contributed by atoms with Crippen LogP contribution < -0.4 is 5.43 Å². The molecule has 0 saturated heterocycles. The third-order valence-electron chi connectivity index (χ3n) is 1.41. The molecule has 0 aromatic carbocycles. The first-order valence-corrected chi connectivity index (χ1v) is 5.26. The van der Waals surface area contributed by atoms with Crippen molar-refractivity contribution in [3.63, 3.8) is 0 Å². The van der Waals surface area contributed by atoms with E-state index in [9.17, 15) is 13.2 Å². The van der Waals surface area contributed by atoms with E-state index in [2.05, 4.69) is 12.0 Å². The summed E-state index contributed by atoms with van der Waals surface area (Å²) in [5, 5.41) is 0. The summed E-state index contributed by atoms with van der Waals surface area (Å²) in [4.78, 5) is 10.8. The van der Waals surface area contributed by atoms with E-state index in [-0.39, 0.29) is 18.1 Å². The Labute approximate surface area is 76.7 Å². The third kappa shape index (κ3) is 2.32. The monoisotopic (exact) mass is 202 g/mol. The number of carbonyl (C=O) groups excluding carboxylic acids is 1. The van der Waals surface area contributed by atoms with Crippen molar-refractivity contribution in [3.05, 3.63) is 24.9 Å². The molecule has 0 radical (unpaired) electrons. The van der Waals surface area contributed by atoms with E-state index in [0.717, 1.165) is 4.41 Å². The van der Waals surface area contributed by atoms with Crippen LogP contribution in [-0.4, -0.2) is 24.5 Å². The van der Waals surface area contributed by atoms with E-state index in [1.807, 2.05) is 0 Å². The van der Waals surface area contributed by atoms with Crippen molar-refractivity contribution in [2.45, 2.75) is 6.42 Å². The summed E-state index contributed by atoms with van der Waals surface area (Å²) in [6.07, 6.45) is 4.28. The Hall–Kier alpha value is -1.30. The Bertz CT molecular complexity index is 345. The molecule has 72 valence electrons. The number of hydrazine groups is 1. The second-order valence-electron chi connectivity index (χ2n) is 2.49. The average molecular weight is 202 g/mol. The summed E-state index contributed by atoms with van der Waals surface area (Å²) in [6, 6.07) is 0. The van der Waals surface area contributed by atoms with E-state index in [0.29, 0.717) is 0 Å². The second-order valence-corrected chi connectivity index (χ2v) is 4.38. The zero-order chi connectivity index (χ0) is 9.90. The maximum Gasteiger partial charge on any atom is 0.255 e. The minimum atomic E-state index is -3.47. The number of nitrogens with one attached hydrogen (secondary N) is 1. The molecule has 1 rings (SSSR count). The van der Waals surface area contributed by atoms with Gasteiger partial charge in [-0.05, 0) is 0 Å². The number of amides is 1. The first-order chi connectivity index (χ1) is 6.06. The van der Waals surface area contributed by atoms with E-state index in [4.69, 9.17) is 0 Å². The van der Waals surface area contributed by atoms with Crippen LogP contribution in [0.25, 0.3) is 0 Å². The lowest BCUT2D eigenvalue weighted by Crippen LogP contribution is -2.45. The Morgan fingerprint density at radius 1 is 1.69 bits per heavy atom. The van der Waals surface area contributed by atoms with Gasteiger partial charge in [0.05, 0.1) is 5.75 Å². The standard InChI is InChI=1S/C7H10N2O3S/c1-2-6-13(11,12)9-5-3-4-7(10)8-9/h2-3,5H,1,4,6H2,(H,8,10). The number of rotatable bonds is 3. The van der Waals surface area contributed by atoms with Gasteiger partial charge in [-0.3, -0.25) is 10.2 Å². The molecule has 1 aliphatic rings.